The number of H-pyrrole nitrogens is 1. The van der Waals surface area contributed by atoms with E-state index in [1.165, 1.54) is 6.20 Å². The van der Waals surface area contributed by atoms with Crippen LogP contribution in [0, 0.1) is 0 Å². The Kier molecular flexibility index (Phi) is 2.98. The van der Waals surface area contributed by atoms with Gasteiger partial charge in [-0.1, -0.05) is 0 Å². The summed E-state index contributed by atoms with van der Waals surface area (Å²) in [5, 5.41) is 0. The Hall–Kier alpha value is -1.69. The Morgan fingerprint density at radius 3 is 2.64 bits per heavy atom. The number of nitrogens with zero attached hydrogens (tertiary/aromatic N) is 2. The summed E-state index contributed by atoms with van der Waals surface area (Å²) in [5.74, 6) is -0.378. The van der Waals surface area contributed by atoms with Crippen LogP contribution in [-0.4, -0.2) is 41.0 Å². The summed E-state index contributed by atoms with van der Waals surface area (Å²) in [6, 6.07) is 1.13. The van der Waals surface area contributed by atoms with Gasteiger partial charge in [-0.05, 0) is 14.1 Å². The normalized spacial score (nSPS) is 10.5. The topological polar surface area (TPSA) is 75.2 Å². The van der Waals surface area contributed by atoms with Gasteiger partial charge in [0.1, 0.15) is 0 Å². The van der Waals surface area contributed by atoms with Gasteiger partial charge in [0.2, 0.25) is 5.91 Å². The summed E-state index contributed by atoms with van der Waals surface area (Å²) in [7, 11) is 3.43. The van der Waals surface area contributed by atoms with E-state index in [2.05, 4.69) is 0 Å². The fourth-order valence-corrected chi connectivity index (χ4v) is 0.960. The van der Waals surface area contributed by atoms with Crippen LogP contribution in [0.3, 0.4) is 0 Å². The largest absolute Gasteiger partial charge is 0.335 e. The standard InChI is InChI=1S/C8H11N3O3/c1-10(2)5-7(13)11-4-3-6(12)9-8(11)14/h3-4H,5H2,1-2H3,(H,9,12,14). The van der Waals surface area contributed by atoms with Crippen LogP contribution in [0.2, 0.25) is 0 Å². The molecule has 0 fully saturated rings. The number of likely N-dealkylation sites (N-methyl/N-ethyl adjacent to an activating group) is 1. The minimum atomic E-state index is -0.704. The van der Waals surface area contributed by atoms with E-state index in [1.54, 1.807) is 19.0 Å². The molecule has 1 rings (SSSR count). The van der Waals surface area contributed by atoms with Crippen molar-refractivity contribution in [3.8, 4) is 0 Å². The molecule has 6 heteroatoms. The van der Waals surface area contributed by atoms with Crippen LogP contribution in [0.5, 0.6) is 0 Å². The van der Waals surface area contributed by atoms with Crippen LogP contribution in [0.4, 0.5) is 0 Å². The van der Waals surface area contributed by atoms with Gasteiger partial charge < -0.3 is 4.90 Å². The quantitative estimate of drug-likeness (QED) is 0.642. The van der Waals surface area contributed by atoms with Gasteiger partial charge in [0, 0.05) is 12.3 Å². The lowest BCUT2D eigenvalue weighted by molar-refractivity contribution is 0.0870. The maximum absolute atomic E-state index is 11.4. The zero-order valence-electron chi connectivity index (χ0n) is 7.98. The molecule has 0 aliphatic rings. The van der Waals surface area contributed by atoms with Crippen LogP contribution in [0.25, 0.3) is 0 Å². The molecule has 1 aromatic rings. The lowest BCUT2D eigenvalue weighted by atomic mass is 10.5. The van der Waals surface area contributed by atoms with Gasteiger partial charge in [0.05, 0.1) is 6.54 Å². The summed E-state index contributed by atoms with van der Waals surface area (Å²) < 4.78 is 0.876. The smallest absolute Gasteiger partial charge is 0.301 e. The minimum Gasteiger partial charge on any atom is -0.301 e. The highest BCUT2D eigenvalue weighted by molar-refractivity contribution is 5.80. The van der Waals surface area contributed by atoms with Gasteiger partial charge in [-0.3, -0.25) is 14.6 Å². The Morgan fingerprint density at radius 1 is 1.50 bits per heavy atom. The molecule has 1 aromatic heterocycles. The number of hydrogen-bond acceptors (Lipinski definition) is 4. The molecule has 0 radical (unpaired) electrons. The van der Waals surface area contributed by atoms with Gasteiger partial charge in [-0.25, -0.2) is 9.36 Å². The molecule has 6 nitrogen and oxygen atoms in total. The molecule has 0 unspecified atom stereocenters. The van der Waals surface area contributed by atoms with Crippen LogP contribution in [0.1, 0.15) is 4.79 Å². The average Bonchev–Trinajstić information content (AvgIpc) is 2.01. The Balaban J connectivity index is 3.03. The molecule has 76 valence electrons. The van der Waals surface area contributed by atoms with Crippen molar-refractivity contribution in [2.45, 2.75) is 0 Å². The van der Waals surface area contributed by atoms with E-state index in [0.717, 1.165) is 10.6 Å². The first-order valence-corrected chi connectivity index (χ1v) is 4.00. The van der Waals surface area contributed by atoms with Crippen LogP contribution in [-0.2, 0) is 0 Å². The third kappa shape index (κ3) is 2.40. The molecular formula is C8H11N3O3. The van der Waals surface area contributed by atoms with Gasteiger partial charge >= 0.3 is 5.69 Å². The fraction of sp³-hybridized carbons (Fsp3) is 0.375. The van der Waals surface area contributed by atoms with Crippen molar-refractivity contribution in [1.82, 2.24) is 14.5 Å². The van der Waals surface area contributed by atoms with E-state index in [1.807, 2.05) is 4.98 Å². The number of aromatic nitrogens is 2. The zero-order chi connectivity index (χ0) is 10.7. The molecule has 0 amide bonds. The highest BCUT2D eigenvalue weighted by Crippen LogP contribution is 1.81. The second-order valence-corrected chi connectivity index (χ2v) is 3.11. The summed E-state index contributed by atoms with van der Waals surface area (Å²) >= 11 is 0. The predicted molar refractivity (Wildman–Crippen MR) is 50.5 cm³/mol. The third-order valence-corrected chi connectivity index (χ3v) is 1.54. The first kappa shape index (κ1) is 10.4. The molecule has 0 saturated heterocycles. The van der Waals surface area contributed by atoms with E-state index >= 15 is 0 Å². The van der Waals surface area contributed by atoms with Crippen molar-refractivity contribution < 1.29 is 4.79 Å². The monoisotopic (exact) mass is 197 g/mol. The summed E-state index contributed by atoms with van der Waals surface area (Å²) in [4.78, 5) is 36.9. The minimum absolute atomic E-state index is 0.117. The summed E-state index contributed by atoms with van der Waals surface area (Å²) in [5.41, 5.74) is -1.21. The van der Waals surface area contributed by atoms with Gasteiger partial charge in [-0.15, -0.1) is 0 Å². The number of nitrogens with one attached hydrogen (secondary N) is 1. The first-order valence-electron chi connectivity index (χ1n) is 4.00. The molecule has 0 bridgehead atoms. The fourth-order valence-electron chi connectivity index (χ4n) is 0.960. The highest BCUT2D eigenvalue weighted by atomic mass is 16.2. The van der Waals surface area contributed by atoms with Gasteiger partial charge in [0.25, 0.3) is 5.56 Å². The Labute approximate surface area is 79.8 Å². The van der Waals surface area contributed by atoms with Crippen molar-refractivity contribution in [1.29, 1.82) is 0 Å². The van der Waals surface area contributed by atoms with E-state index in [9.17, 15) is 14.4 Å². The number of rotatable bonds is 2. The molecule has 0 aliphatic heterocycles. The predicted octanol–water partition coefficient (Wildman–Crippen LogP) is -1.26. The van der Waals surface area contributed by atoms with Gasteiger partial charge in [0.15, 0.2) is 0 Å². The molecular weight excluding hydrogens is 186 g/mol. The van der Waals surface area contributed by atoms with Crippen molar-refractivity contribution in [3.63, 3.8) is 0 Å². The Morgan fingerprint density at radius 2 is 2.14 bits per heavy atom. The zero-order valence-corrected chi connectivity index (χ0v) is 7.98. The summed E-state index contributed by atoms with van der Waals surface area (Å²) in [6.07, 6.45) is 1.17. The van der Waals surface area contributed by atoms with Crippen molar-refractivity contribution >= 4 is 5.91 Å². The van der Waals surface area contributed by atoms with Crippen LogP contribution < -0.4 is 11.2 Å². The summed E-state index contributed by atoms with van der Waals surface area (Å²) in [6.45, 7) is 0.117. The van der Waals surface area contributed by atoms with Gasteiger partial charge in [-0.2, -0.15) is 0 Å². The number of carbonyl (C=O) groups is 1. The molecule has 0 atom stereocenters. The molecule has 0 aliphatic carbocycles. The van der Waals surface area contributed by atoms with Crippen LogP contribution in [0.15, 0.2) is 21.9 Å². The average molecular weight is 197 g/mol. The number of aromatic amines is 1. The lowest BCUT2D eigenvalue weighted by Gasteiger charge is -2.08. The van der Waals surface area contributed by atoms with Crippen molar-refractivity contribution in [2.75, 3.05) is 20.6 Å². The lowest BCUT2D eigenvalue weighted by Crippen LogP contribution is -2.37. The van der Waals surface area contributed by atoms with E-state index in [-0.39, 0.29) is 12.5 Å². The molecule has 1 heterocycles. The number of hydrogen-bond donors (Lipinski definition) is 1. The maximum atomic E-state index is 11.4. The van der Waals surface area contributed by atoms with E-state index in [0.29, 0.717) is 0 Å². The SMILES string of the molecule is CN(C)CC(=O)n1ccc(=O)[nH]c1=O. The molecule has 0 spiro atoms. The van der Waals surface area contributed by atoms with E-state index < -0.39 is 11.2 Å². The second kappa shape index (κ2) is 4.01. The number of carbonyl (C=O) groups excluding carboxylic acids is 1. The first-order chi connectivity index (χ1) is 6.50. The second-order valence-electron chi connectivity index (χ2n) is 3.11. The maximum Gasteiger partial charge on any atom is 0.335 e. The third-order valence-electron chi connectivity index (χ3n) is 1.54. The van der Waals surface area contributed by atoms with Crippen molar-refractivity contribution in [3.05, 3.63) is 33.1 Å². The molecule has 0 aromatic carbocycles. The molecule has 14 heavy (non-hydrogen) atoms. The van der Waals surface area contributed by atoms with Crippen molar-refractivity contribution in [2.24, 2.45) is 0 Å². The van der Waals surface area contributed by atoms with Crippen LogP contribution >= 0.6 is 0 Å². The molecule has 0 saturated carbocycles. The highest BCUT2D eigenvalue weighted by Gasteiger charge is 2.07. The molecule has 1 N–H and O–H groups in total. The van der Waals surface area contributed by atoms with E-state index in [4.69, 9.17) is 0 Å². The Bertz CT molecular complexity index is 444.